The van der Waals surface area contributed by atoms with Crippen molar-refractivity contribution >= 4 is 5.91 Å². The largest absolute Gasteiger partial charge is 0.384 e. The maximum atomic E-state index is 13.8. The molecule has 144 valence electrons. The van der Waals surface area contributed by atoms with Crippen molar-refractivity contribution in [1.29, 1.82) is 0 Å². The fourth-order valence-electron chi connectivity index (χ4n) is 7.96. The molecule has 0 aromatic heterocycles. The highest BCUT2D eigenvalue weighted by Gasteiger charge is 2.65. The highest BCUT2D eigenvalue weighted by molar-refractivity contribution is 5.82. The first kappa shape index (κ1) is 16.3. The second-order valence-corrected chi connectivity index (χ2v) is 10.8. The molecule has 4 bridgehead atoms. The van der Waals surface area contributed by atoms with Crippen molar-refractivity contribution in [2.45, 2.75) is 68.9 Å². The third-order valence-electron chi connectivity index (χ3n) is 8.77. The van der Waals surface area contributed by atoms with Crippen LogP contribution in [0.1, 0.15) is 39.0 Å². The number of carbonyl (C=O) groups is 1. The van der Waals surface area contributed by atoms with Gasteiger partial charge in [-0.2, -0.15) is 0 Å². The molecular weight excluding hydrogens is 328 g/mol. The van der Waals surface area contributed by atoms with Gasteiger partial charge in [-0.1, -0.05) is 6.92 Å². The van der Waals surface area contributed by atoms with Gasteiger partial charge < -0.3 is 15.7 Å². The molecule has 1 amide bonds. The topological polar surface area (TPSA) is 78.6 Å². The van der Waals surface area contributed by atoms with E-state index in [1.54, 1.807) is 0 Å². The van der Waals surface area contributed by atoms with Gasteiger partial charge in [-0.25, -0.2) is 0 Å². The quantitative estimate of drug-likeness (QED) is 0.568. The Morgan fingerprint density at radius 2 is 1.88 bits per heavy atom. The molecule has 0 aromatic rings. The van der Waals surface area contributed by atoms with Gasteiger partial charge in [0.2, 0.25) is 6.17 Å². The van der Waals surface area contributed by atoms with Crippen LogP contribution in [-0.4, -0.2) is 76.5 Å². The van der Waals surface area contributed by atoms with E-state index in [-0.39, 0.29) is 24.2 Å². The average Bonchev–Trinajstić information content (AvgIpc) is 3.20. The molecule has 0 aromatic carbocycles. The summed E-state index contributed by atoms with van der Waals surface area (Å²) in [6.07, 6.45) is 5.24. The van der Waals surface area contributed by atoms with Crippen LogP contribution in [0.3, 0.4) is 0 Å². The number of carbonyl (C=O) groups excluding carboxylic acids is 1. The Labute approximate surface area is 155 Å². The van der Waals surface area contributed by atoms with Crippen molar-refractivity contribution in [2.75, 3.05) is 26.2 Å². The number of rotatable bonds is 1. The predicted octanol–water partition coefficient (Wildman–Crippen LogP) is -0.140. The van der Waals surface area contributed by atoms with E-state index in [4.69, 9.17) is 5.73 Å². The minimum absolute atomic E-state index is 0.0771. The monoisotopic (exact) mass is 361 g/mol. The van der Waals surface area contributed by atoms with Gasteiger partial charge in [-0.15, -0.1) is 0 Å². The lowest BCUT2D eigenvalue weighted by Gasteiger charge is -2.63. The van der Waals surface area contributed by atoms with Crippen LogP contribution in [-0.2, 0) is 4.79 Å². The molecule has 2 aliphatic carbocycles. The summed E-state index contributed by atoms with van der Waals surface area (Å²) in [5, 5.41) is 14.8. The maximum Gasteiger partial charge on any atom is 0.297 e. The molecule has 7 aliphatic rings. The van der Waals surface area contributed by atoms with Crippen LogP contribution in [0.2, 0.25) is 0 Å². The molecule has 8 unspecified atom stereocenters. The van der Waals surface area contributed by atoms with Crippen molar-refractivity contribution in [3.05, 3.63) is 0 Å². The van der Waals surface area contributed by atoms with Gasteiger partial charge in [-0.05, 0) is 43.9 Å². The summed E-state index contributed by atoms with van der Waals surface area (Å²) in [5.41, 5.74) is 6.03. The second kappa shape index (κ2) is 5.02. The molecule has 6 heteroatoms. The fraction of sp³-hybridized carbons (Fsp3) is 0.950. The van der Waals surface area contributed by atoms with Crippen LogP contribution in [0.25, 0.3) is 0 Å². The van der Waals surface area contributed by atoms with Gasteiger partial charge in [0.1, 0.15) is 12.1 Å². The summed E-state index contributed by atoms with van der Waals surface area (Å²) >= 11 is 0. The smallest absolute Gasteiger partial charge is 0.297 e. The Hall–Kier alpha value is -0.690. The summed E-state index contributed by atoms with van der Waals surface area (Å²) in [6.45, 7) is 5.93. The van der Waals surface area contributed by atoms with Crippen molar-refractivity contribution < 1.29 is 14.4 Å². The molecule has 26 heavy (non-hydrogen) atoms. The average molecular weight is 362 g/mol. The SMILES string of the molecule is CC1CNC([N+]23CC4CC(CC(O)(C4)C2)C3)C(=O)N2C3CC3CC2C1N. The van der Waals surface area contributed by atoms with Crippen molar-refractivity contribution in [3.8, 4) is 0 Å². The summed E-state index contributed by atoms with van der Waals surface area (Å²) < 4.78 is 0.785. The zero-order valence-corrected chi connectivity index (χ0v) is 15.8. The summed E-state index contributed by atoms with van der Waals surface area (Å²) in [7, 11) is 0. The van der Waals surface area contributed by atoms with Crippen molar-refractivity contribution in [2.24, 2.45) is 29.4 Å². The van der Waals surface area contributed by atoms with Gasteiger partial charge in [0.05, 0.1) is 13.1 Å². The number of hydrogen-bond donors (Lipinski definition) is 3. The number of hydrogen-bond acceptors (Lipinski definition) is 4. The standard InChI is InChI=1S/C20H33N4O2/c1-11-7-22-18(19(25)23-15-3-14(15)4-16(23)17(11)21)24-8-12-2-13(9-24)6-20(26,5-12)10-24/h11-18,22,26H,2-10,21H2,1H3/q+1. The lowest BCUT2D eigenvalue weighted by Crippen LogP contribution is -2.80. The molecule has 4 N–H and O–H groups in total. The van der Waals surface area contributed by atoms with Gasteiger partial charge in [-0.3, -0.25) is 14.6 Å². The van der Waals surface area contributed by atoms with Crippen molar-refractivity contribution in [1.82, 2.24) is 10.2 Å². The van der Waals surface area contributed by atoms with Gasteiger partial charge in [0, 0.05) is 36.5 Å². The fourth-order valence-corrected chi connectivity index (χ4v) is 7.96. The number of nitrogens with one attached hydrogen (secondary N) is 1. The van der Waals surface area contributed by atoms with E-state index in [9.17, 15) is 9.90 Å². The Balaban J connectivity index is 1.37. The van der Waals surface area contributed by atoms with Gasteiger partial charge >= 0.3 is 0 Å². The number of amides is 1. The van der Waals surface area contributed by atoms with E-state index in [1.807, 2.05) is 0 Å². The van der Waals surface area contributed by atoms with Crippen LogP contribution in [0.15, 0.2) is 0 Å². The van der Waals surface area contributed by atoms with E-state index in [0.717, 1.165) is 49.9 Å². The lowest BCUT2D eigenvalue weighted by atomic mass is 9.64. The zero-order valence-electron chi connectivity index (χ0n) is 15.8. The summed E-state index contributed by atoms with van der Waals surface area (Å²) in [4.78, 5) is 16.0. The first-order valence-corrected chi connectivity index (χ1v) is 10.8. The third-order valence-corrected chi connectivity index (χ3v) is 8.77. The highest BCUT2D eigenvalue weighted by atomic mass is 16.3. The second-order valence-electron chi connectivity index (χ2n) is 10.8. The molecule has 5 saturated heterocycles. The Kier molecular flexibility index (Phi) is 3.14. The number of aliphatic hydroxyl groups is 1. The number of quaternary nitrogens is 1. The molecule has 7 fully saturated rings. The number of nitrogens with two attached hydrogens (primary N) is 1. The highest BCUT2D eigenvalue weighted by Crippen LogP contribution is 2.53. The minimum atomic E-state index is -0.539. The number of nitrogens with zero attached hydrogens (tertiary/aromatic N) is 2. The minimum Gasteiger partial charge on any atom is -0.384 e. The van der Waals surface area contributed by atoms with Crippen LogP contribution in [0.4, 0.5) is 0 Å². The summed E-state index contributed by atoms with van der Waals surface area (Å²) in [6, 6.07) is 0.745. The van der Waals surface area contributed by atoms with Gasteiger partial charge in [0.25, 0.3) is 5.91 Å². The predicted molar refractivity (Wildman–Crippen MR) is 96.7 cm³/mol. The van der Waals surface area contributed by atoms with E-state index in [1.165, 1.54) is 12.8 Å². The van der Waals surface area contributed by atoms with Crippen LogP contribution in [0, 0.1) is 23.7 Å². The van der Waals surface area contributed by atoms with E-state index >= 15 is 0 Å². The zero-order chi connectivity index (χ0) is 17.8. The van der Waals surface area contributed by atoms with Crippen LogP contribution in [0.5, 0.6) is 0 Å². The number of fused-ring (bicyclic) bond motifs is 3. The third kappa shape index (κ3) is 2.10. The molecule has 2 saturated carbocycles. The first-order chi connectivity index (χ1) is 12.4. The molecule has 0 radical (unpaired) electrons. The molecular formula is C20H33N4O2+. The van der Waals surface area contributed by atoms with E-state index in [0.29, 0.717) is 29.7 Å². The van der Waals surface area contributed by atoms with Crippen LogP contribution < -0.4 is 11.1 Å². The van der Waals surface area contributed by atoms with E-state index in [2.05, 4.69) is 17.1 Å². The molecule has 5 heterocycles. The Bertz CT molecular complexity index is 640. The maximum absolute atomic E-state index is 13.8. The molecule has 5 aliphatic heterocycles. The van der Waals surface area contributed by atoms with Crippen molar-refractivity contribution in [3.63, 3.8) is 0 Å². The molecule has 8 atom stereocenters. The number of piperidine rings is 4. The molecule has 0 spiro atoms. The first-order valence-electron chi connectivity index (χ1n) is 10.8. The Morgan fingerprint density at radius 3 is 2.58 bits per heavy atom. The lowest BCUT2D eigenvalue weighted by molar-refractivity contribution is -0.974. The molecule has 6 nitrogen and oxygen atoms in total. The summed E-state index contributed by atoms with van der Waals surface area (Å²) in [5.74, 6) is 2.52. The normalized spacial score (nSPS) is 60.4. The van der Waals surface area contributed by atoms with Gasteiger partial charge in [0.15, 0.2) is 0 Å². The Morgan fingerprint density at radius 1 is 1.19 bits per heavy atom. The molecule has 7 rings (SSSR count). The van der Waals surface area contributed by atoms with E-state index < -0.39 is 5.60 Å². The van der Waals surface area contributed by atoms with Crippen LogP contribution >= 0.6 is 0 Å².